The molecule has 1 amide bonds. The van der Waals surface area contributed by atoms with Crippen molar-refractivity contribution < 1.29 is 14.3 Å². The fourth-order valence-corrected chi connectivity index (χ4v) is 2.92. The second-order valence-corrected chi connectivity index (χ2v) is 6.09. The number of halogens is 1. The average Bonchev–Trinajstić information content (AvgIpc) is 3.17. The predicted octanol–water partition coefficient (Wildman–Crippen LogP) is -1.19. The summed E-state index contributed by atoms with van der Waals surface area (Å²) in [6.07, 6.45) is 0. The van der Waals surface area contributed by atoms with E-state index in [0.717, 1.165) is 16.7 Å². The van der Waals surface area contributed by atoms with E-state index in [1.165, 1.54) is 24.7 Å². The Bertz CT molecular complexity index is 1230. The second-order valence-electron chi connectivity index (χ2n) is 6.09. The molecule has 0 radical (unpaired) electrons. The highest BCUT2D eigenvalue weighted by molar-refractivity contribution is 6.04. The molecule has 0 saturated carbocycles. The number of hydrogen-bond donors (Lipinski definition) is 5. The highest BCUT2D eigenvalue weighted by Gasteiger charge is 2.46. The van der Waals surface area contributed by atoms with Gasteiger partial charge < -0.3 is 15.4 Å². The van der Waals surface area contributed by atoms with Gasteiger partial charge in [-0.1, -0.05) is 0 Å². The van der Waals surface area contributed by atoms with Crippen LogP contribution in [0, 0.1) is 5.82 Å². The Kier molecular flexibility index (Phi) is 3.44. The predicted molar refractivity (Wildman–Crippen MR) is 92.3 cm³/mol. The number of nitrogens with one attached hydrogen (secondary N) is 4. The van der Waals surface area contributed by atoms with Gasteiger partial charge in [0.2, 0.25) is 11.7 Å². The van der Waals surface area contributed by atoms with Gasteiger partial charge in [-0.25, -0.2) is 9.18 Å². The molecule has 1 aromatic carbocycles. The smallest absolute Gasteiger partial charge is 0.332 e. The number of amides is 1. The van der Waals surface area contributed by atoms with Crippen molar-refractivity contribution in [1.29, 1.82) is 0 Å². The summed E-state index contributed by atoms with van der Waals surface area (Å²) < 4.78 is 15.6. The Balaban J connectivity index is 1.71. The number of nitrogens with zero attached hydrogens (tertiary/aromatic N) is 3. The van der Waals surface area contributed by atoms with Crippen LogP contribution in [0.5, 0.6) is 0 Å². The fourth-order valence-electron chi connectivity index (χ4n) is 2.92. The van der Waals surface area contributed by atoms with Crippen molar-refractivity contribution in [1.82, 2.24) is 24.5 Å². The number of hydrazine groups is 1. The molecule has 4 rings (SSSR count). The molecule has 12 heteroatoms. The van der Waals surface area contributed by atoms with E-state index in [1.54, 1.807) is 0 Å². The number of carbonyl (C=O) groups excluding carboxylic acids is 1. The third-order valence-electron chi connectivity index (χ3n) is 4.40. The van der Waals surface area contributed by atoms with Gasteiger partial charge in [-0.2, -0.15) is 10.4 Å². The quantitative estimate of drug-likeness (QED) is 0.286. The molecule has 3 heterocycles. The molecular formula is C15H14FN7O4. The van der Waals surface area contributed by atoms with E-state index in [1.807, 2.05) is 0 Å². The van der Waals surface area contributed by atoms with Crippen LogP contribution in [0.15, 0.2) is 27.8 Å². The van der Waals surface area contributed by atoms with Crippen LogP contribution in [0.3, 0.4) is 0 Å². The molecule has 1 aliphatic heterocycles. The minimum atomic E-state index is -2.27. The number of aryl methyl sites for hydroxylation is 1. The monoisotopic (exact) mass is 375 g/mol. The highest BCUT2D eigenvalue weighted by atomic mass is 19.1. The SMILES string of the molecule is Cn1c(=O)c2[nH]c(NNC3(O)C(=O)Nc4ccc(F)cc43)nc2n(C)c1=O. The zero-order valence-electron chi connectivity index (χ0n) is 14.1. The van der Waals surface area contributed by atoms with Crippen LogP contribution in [0.2, 0.25) is 0 Å². The molecule has 0 aliphatic carbocycles. The molecule has 27 heavy (non-hydrogen) atoms. The molecule has 140 valence electrons. The van der Waals surface area contributed by atoms with E-state index in [4.69, 9.17) is 0 Å². The number of imidazole rings is 1. The Hall–Kier alpha value is -3.51. The van der Waals surface area contributed by atoms with Gasteiger partial charge in [0.15, 0.2) is 11.2 Å². The molecule has 1 unspecified atom stereocenters. The maximum absolute atomic E-state index is 13.5. The molecule has 0 spiro atoms. The first-order valence-electron chi connectivity index (χ1n) is 7.75. The van der Waals surface area contributed by atoms with Gasteiger partial charge in [-0.05, 0) is 18.2 Å². The lowest BCUT2D eigenvalue weighted by molar-refractivity contribution is -0.136. The van der Waals surface area contributed by atoms with Crippen molar-refractivity contribution in [3.05, 3.63) is 50.4 Å². The first-order valence-corrected chi connectivity index (χ1v) is 7.75. The third-order valence-corrected chi connectivity index (χ3v) is 4.40. The van der Waals surface area contributed by atoms with Crippen LogP contribution in [0.1, 0.15) is 5.56 Å². The molecule has 5 N–H and O–H groups in total. The molecule has 0 fully saturated rings. The van der Waals surface area contributed by atoms with E-state index < -0.39 is 28.7 Å². The molecule has 1 aliphatic rings. The molecule has 2 aromatic heterocycles. The first-order chi connectivity index (χ1) is 12.7. The number of rotatable bonds is 3. The number of aliphatic hydroxyl groups is 1. The zero-order valence-corrected chi connectivity index (χ0v) is 14.1. The summed E-state index contributed by atoms with van der Waals surface area (Å²) in [6, 6.07) is 3.48. The van der Waals surface area contributed by atoms with Gasteiger partial charge in [0.05, 0.1) is 0 Å². The number of benzene rings is 1. The maximum Gasteiger partial charge on any atom is 0.332 e. The van der Waals surface area contributed by atoms with E-state index in [0.29, 0.717) is 0 Å². The van der Waals surface area contributed by atoms with Crippen LogP contribution < -0.4 is 27.4 Å². The summed E-state index contributed by atoms with van der Waals surface area (Å²) in [4.78, 5) is 43.0. The Morgan fingerprint density at radius 2 is 1.96 bits per heavy atom. The van der Waals surface area contributed by atoms with Crippen LogP contribution in [0.25, 0.3) is 11.2 Å². The Morgan fingerprint density at radius 1 is 1.22 bits per heavy atom. The first kappa shape index (κ1) is 16.9. The van der Waals surface area contributed by atoms with Gasteiger partial charge in [0.1, 0.15) is 5.82 Å². The van der Waals surface area contributed by atoms with Crippen molar-refractivity contribution in [3.63, 3.8) is 0 Å². The summed E-state index contributed by atoms with van der Waals surface area (Å²) in [6.45, 7) is 0. The Labute approximate surface area is 149 Å². The van der Waals surface area contributed by atoms with E-state index >= 15 is 0 Å². The maximum atomic E-state index is 13.5. The van der Waals surface area contributed by atoms with Crippen molar-refractivity contribution >= 4 is 28.7 Å². The summed E-state index contributed by atoms with van der Waals surface area (Å²) in [5.74, 6) is -1.49. The van der Waals surface area contributed by atoms with Gasteiger partial charge in [-0.3, -0.25) is 24.1 Å². The minimum absolute atomic E-state index is 0.0144. The van der Waals surface area contributed by atoms with Crippen molar-refractivity contribution in [2.75, 3.05) is 10.7 Å². The number of hydrogen-bond acceptors (Lipinski definition) is 7. The van der Waals surface area contributed by atoms with Crippen LogP contribution >= 0.6 is 0 Å². The zero-order chi connectivity index (χ0) is 19.5. The second kappa shape index (κ2) is 5.49. The molecule has 0 bridgehead atoms. The lowest BCUT2D eigenvalue weighted by Crippen LogP contribution is -2.50. The van der Waals surface area contributed by atoms with Crippen molar-refractivity contribution in [3.8, 4) is 0 Å². The van der Waals surface area contributed by atoms with Crippen molar-refractivity contribution in [2.45, 2.75) is 5.72 Å². The van der Waals surface area contributed by atoms with E-state index in [2.05, 4.69) is 26.1 Å². The third kappa shape index (κ3) is 2.34. The van der Waals surface area contributed by atoms with Gasteiger partial charge in [0.25, 0.3) is 11.5 Å². The van der Waals surface area contributed by atoms with Crippen LogP contribution in [0.4, 0.5) is 16.0 Å². The Morgan fingerprint density at radius 3 is 2.70 bits per heavy atom. The number of fused-ring (bicyclic) bond motifs is 2. The molecule has 3 aromatic rings. The number of aromatic nitrogens is 4. The normalized spacial score (nSPS) is 18.6. The van der Waals surface area contributed by atoms with Gasteiger partial charge >= 0.3 is 5.69 Å². The topological polar surface area (TPSA) is 146 Å². The highest BCUT2D eigenvalue weighted by Crippen LogP contribution is 2.34. The number of aromatic amines is 1. The summed E-state index contributed by atoms with van der Waals surface area (Å²) >= 11 is 0. The van der Waals surface area contributed by atoms with Crippen LogP contribution in [-0.2, 0) is 24.6 Å². The molecule has 11 nitrogen and oxygen atoms in total. The summed E-state index contributed by atoms with van der Waals surface area (Å²) in [5.41, 5.74) is 1.82. The van der Waals surface area contributed by atoms with Gasteiger partial charge in [-0.15, -0.1) is 0 Å². The lowest BCUT2D eigenvalue weighted by atomic mass is 10.1. The average molecular weight is 375 g/mol. The van der Waals surface area contributed by atoms with E-state index in [9.17, 15) is 23.9 Å². The van der Waals surface area contributed by atoms with E-state index in [-0.39, 0.29) is 28.4 Å². The number of H-pyrrole nitrogens is 1. The molecular weight excluding hydrogens is 361 g/mol. The largest absolute Gasteiger partial charge is 0.363 e. The number of carbonyl (C=O) groups is 1. The molecule has 1 atom stereocenters. The van der Waals surface area contributed by atoms with Crippen molar-refractivity contribution in [2.24, 2.45) is 14.1 Å². The minimum Gasteiger partial charge on any atom is -0.363 e. The standard InChI is InChI=1S/C15H14FN7O4/c1-22-10-9(11(24)23(2)14(22)26)18-13(19-10)20-21-15(27)7-5-6(16)3-4-8(7)17-12(15)25/h3-5,21,27H,1-2H3,(H,17,25)(H2,18,19,20). The van der Waals surface area contributed by atoms with Crippen LogP contribution in [-0.4, -0.2) is 30.1 Å². The van der Waals surface area contributed by atoms with Gasteiger partial charge in [0, 0.05) is 25.3 Å². The fraction of sp³-hybridized carbons (Fsp3) is 0.200. The lowest BCUT2D eigenvalue weighted by Gasteiger charge is -2.22. The number of anilines is 2. The summed E-state index contributed by atoms with van der Waals surface area (Å²) in [5, 5.41) is 13.1. The molecule has 0 saturated heterocycles. The summed E-state index contributed by atoms with van der Waals surface area (Å²) in [7, 11) is 2.77.